The molecule has 0 aliphatic heterocycles. The lowest BCUT2D eigenvalue weighted by Gasteiger charge is -2.33. The van der Waals surface area contributed by atoms with E-state index in [1.807, 2.05) is 12.1 Å². The highest BCUT2D eigenvalue weighted by Crippen LogP contribution is 2.36. The fraction of sp³-hybridized carbons (Fsp3) is 0.471. The van der Waals surface area contributed by atoms with Gasteiger partial charge in [-0.15, -0.1) is 0 Å². The van der Waals surface area contributed by atoms with Gasteiger partial charge in [-0.3, -0.25) is 0 Å². The monoisotopic (exact) mass is 614 g/mol. The molecular weight excluding hydrogens is 569 g/mol. The van der Waals surface area contributed by atoms with E-state index in [9.17, 15) is 4.39 Å². The summed E-state index contributed by atoms with van der Waals surface area (Å²) in [5, 5.41) is 0. The minimum atomic E-state index is -0.281. The number of ether oxygens (including phenoxy) is 3. The first kappa shape index (κ1) is 32.1. The van der Waals surface area contributed by atoms with Crippen LogP contribution < -0.4 is 9.47 Å². The van der Waals surface area contributed by atoms with Gasteiger partial charge in [0.2, 0.25) is 0 Å². The molecule has 0 amide bonds. The van der Waals surface area contributed by atoms with Crippen LogP contribution in [0.2, 0.25) is 0 Å². The number of halogens is 2. The van der Waals surface area contributed by atoms with Crippen molar-refractivity contribution < 1.29 is 23.1 Å². The van der Waals surface area contributed by atoms with E-state index in [-0.39, 0.29) is 23.3 Å². The van der Waals surface area contributed by atoms with Crippen LogP contribution in [0.25, 0.3) is 0 Å². The summed E-state index contributed by atoms with van der Waals surface area (Å²) in [5.41, 5.74) is 3.48. The van der Waals surface area contributed by atoms with Crippen LogP contribution in [0.15, 0.2) is 71.2 Å². The van der Waals surface area contributed by atoms with Crippen molar-refractivity contribution in [1.29, 1.82) is 0 Å². The quantitative estimate of drug-likeness (QED) is 0.134. The predicted molar refractivity (Wildman–Crippen MR) is 165 cm³/mol. The molecule has 0 heterocycles. The van der Waals surface area contributed by atoms with Gasteiger partial charge in [-0.1, -0.05) is 58.9 Å². The lowest BCUT2D eigenvalue weighted by molar-refractivity contribution is -0.904. The Bertz CT molecular complexity index is 1200. The van der Waals surface area contributed by atoms with Crippen LogP contribution in [0.5, 0.6) is 11.5 Å². The van der Waals surface area contributed by atoms with Crippen molar-refractivity contribution in [2.75, 3.05) is 40.5 Å². The molecule has 6 heteroatoms. The lowest BCUT2D eigenvalue weighted by atomic mass is 9.72. The number of quaternary nitrogens is 1. The van der Waals surface area contributed by atoms with Gasteiger partial charge in [0, 0.05) is 11.1 Å². The molecule has 0 aliphatic carbocycles. The smallest absolute Gasteiger partial charge is 0.143 e. The van der Waals surface area contributed by atoms with E-state index in [1.54, 1.807) is 18.2 Å². The van der Waals surface area contributed by atoms with E-state index in [0.717, 1.165) is 35.5 Å². The summed E-state index contributed by atoms with van der Waals surface area (Å²) >= 11 is 3.22. The summed E-state index contributed by atoms with van der Waals surface area (Å²) in [6.07, 6.45) is 1.12. The molecule has 0 N–H and O–H groups in total. The van der Waals surface area contributed by atoms with Crippen molar-refractivity contribution in [2.24, 2.45) is 5.41 Å². The van der Waals surface area contributed by atoms with E-state index >= 15 is 0 Å². The van der Waals surface area contributed by atoms with Crippen LogP contribution in [-0.4, -0.2) is 44.9 Å². The SMILES string of the molecule is CC(C)(C)CC(C)(C)c1ccc(OCCOCC[N+](C)(C)Cc2ccc(OCc3cccc(Br)c3F)cc2)cc1. The van der Waals surface area contributed by atoms with Gasteiger partial charge in [-0.05, 0) is 81.2 Å². The van der Waals surface area contributed by atoms with Gasteiger partial charge in [0.25, 0.3) is 0 Å². The standard InChI is InChI=1S/C34H46BrFNO3/c1-33(2,3)25-34(4,5)28-13-17-29(18-14-28)39-22-21-38-20-19-37(6,7)23-26-11-15-30(16-12-26)40-24-27-9-8-10-31(35)32(27)36/h8-18H,19-25H2,1-7H3/q+1. The Balaban J connectivity index is 1.35. The van der Waals surface area contributed by atoms with E-state index in [2.05, 4.69) is 101 Å². The molecule has 4 nitrogen and oxygen atoms in total. The van der Waals surface area contributed by atoms with E-state index in [4.69, 9.17) is 14.2 Å². The number of hydrogen-bond donors (Lipinski definition) is 0. The molecule has 0 saturated heterocycles. The van der Waals surface area contributed by atoms with Crippen molar-refractivity contribution in [3.8, 4) is 11.5 Å². The molecule has 0 radical (unpaired) electrons. The fourth-order valence-electron chi connectivity index (χ4n) is 5.15. The van der Waals surface area contributed by atoms with E-state index in [1.165, 1.54) is 11.1 Å². The Labute approximate surface area is 249 Å². The van der Waals surface area contributed by atoms with Gasteiger partial charge in [-0.2, -0.15) is 0 Å². The molecule has 218 valence electrons. The van der Waals surface area contributed by atoms with Crippen LogP contribution in [0, 0.1) is 11.2 Å². The topological polar surface area (TPSA) is 27.7 Å². The van der Waals surface area contributed by atoms with Crippen molar-refractivity contribution in [3.63, 3.8) is 0 Å². The zero-order valence-corrected chi connectivity index (χ0v) is 26.8. The molecule has 0 aliphatic rings. The Hall–Kier alpha value is -2.41. The molecule has 0 spiro atoms. The minimum Gasteiger partial charge on any atom is -0.491 e. The van der Waals surface area contributed by atoms with Gasteiger partial charge < -0.3 is 18.7 Å². The summed E-state index contributed by atoms with van der Waals surface area (Å²) in [4.78, 5) is 0. The zero-order valence-electron chi connectivity index (χ0n) is 25.2. The average Bonchev–Trinajstić information content (AvgIpc) is 2.86. The molecule has 0 saturated carbocycles. The van der Waals surface area contributed by atoms with E-state index in [0.29, 0.717) is 29.9 Å². The van der Waals surface area contributed by atoms with Gasteiger partial charge in [-0.25, -0.2) is 4.39 Å². The molecular formula is C34H46BrFNO3+. The minimum absolute atomic E-state index is 0.127. The first-order chi connectivity index (χ1) is 18.7. The van der Waals surface area contributed by atoms with Gasteiger partial charge >= 0.3 is 0 Å². The second kappa shape index (κ2) is 14.0. The fourth-order valence-corrected chi connectivity index (χ4v) is 5.56. The Morgan fingerprint density at radius 3 is 2.05 bits per heavy atom. The summed E-state index contributed by atoms with van der Waals surface area (Å²) in [5.74, 6) is 1.32. The predicted octanol–water partition coefficient (Wildman–Crippen LogP) is 8.55. The highest BCUT2D eigenvalue weighted by Gasteiger charge is 2.27. The summed E-state index contributed by atoms with van der Waals surface area (Å²) < 4.78 is 33.0. The molecule has 0 bridgehead atoms. The van der Waals surface area contributed by atoms with E-state index < -0.39 is 0 Å². The average molecular weight is 616 g/mol. The summed E-state index contributed by atoms with van der Waals surface area (Å²) in [7, 11) is 4.39. The second-order valence-electron chi connectivity index (χ2n) is 13.1. The molecule has 0 fully saturated rings. The molecule has 3 aromatic rings. The number of nitrogens with zero attached hydrogens (tertiary/aromatic N) is 1. The number of rotatable bonds is 14. The Morgan fingerprint density at radius 2 is 1.40 bits per heavy atom. The number of benzene rings is 3. The van der Waals surface area contributed by atoms with Gasteiger partial charge in [0.15, 0.2) is 0 Å². The van der Waals surface area contributed by atoms with Crippen LogP contribution >= 0.6 is 15.9 Å². The molecule has 0 aromatic heterocycles. The van der Waals surface area contributed by atoms with Crippen LogP contribution in [-0.2, 0) is 23.3 Å². The first-order valence-electron chi connectivity index (χ1n) is 14.0. The Morgan fingerprint density at radius 1 is 0.775 bits per heavy atom. The second-order valence-corrected chi connectivity index (χ2v) is 13.9. The zero-order chi connectivity index (χ0) is 29.4. The maximum atomic E-state index is 14.1. The molecule has 0 atom stereocenters. The molecule has 3 aromatic carbocycles. The summed E-state index contributed by atoms with van der Waals surface area (Å²) in [6, 6.07) is 21.7. The summed E-state index contributed by atoms with van der Waals surface area (Å²) in [6.45, 7) is 15.2. The molecule has 0 unspecified atom stereocenters. The largest absolute Gasteiger partial charge is 0.491 e. The van der Waals surface area contributed by atoms with Crippen LogP contribution in [0.3, 0.4) is 0 Å². The van der Waals surface area contributed by atoms with Crippen molar-refractivity contribution in [1.82, 2.24) is 0 Å². The normalized spacial score (nSPS) is 12.4. The van der Waals surface area contributed by atoms with Crippen molar-refractivity contribution >= 4 is 15.9 Å². The maximum Gasteiger partial charge on any atom is 0.143 e. The third-order valence-electron chi connectivity index (χ3n) is 6.91. The van der Waals surface area contributed by atoms with Crippen LogP contribution in [0.4, 0.5) is 4.39 Å². The third-order valence-corrected chi connectivity index (χ3v) is 7.52. The lowest BCUT2D eigenvalue weighted by Crippen LogP contribution is -2.41. The van der Waals surface area contributed by atoms with Gasteiger partial charge in [0.1, 0.15) is 43.6 Å². The highest BCUT2D eigenvalue weighted by molar-refractivity contribution is 9.10. The number of hydrogen-bond acceptors (Lipinski definition) is 3. The highest BCUT2D eigenvalue weighted by atomic mass is 79.9. The maximum absolute atomic E-state index is 14.1. The van der Waals surface area contributed by atoms with Gasteiger partial charge in [0.05, 0.1) is 31.8 Å². The van der Waals surface area contributed by atoms with Crippen molar-refractivity contribution in [2.45, 2.75) is 59.6 Å². The first-order valence-corrected chi connectivity index (χ1v) is 14.8. The molecule has 40 heavy (non-hydrogen) atoms. The van der Waals surface area contributed by atoms with Crippen molar-refractivity contribution in [3.05, 3.63) is 93.7 Å². The number of likely N-dealkylation sites (N-methyl/N-ethyl adjacent to an activating group) is 1. The third kappa shape index (κ3) is 10.5. The Kier molecular flexibility index (Phi) is 11.2. The molecule has 3 rings (SSSR count). The van der Waals surface area contributed by atoms with Crippen LogP contribution in [0.1, 0.15) is 57.7 Å².